The van der Waals surface area contributed by atoms with Gasteiger partial charge in [0.25, 0.3) is 0 Å². The van der Waals surface area contributed by atoms with E-state index in [9.17, 15) is 4.79 Å². The topological polar surface area (TPSA) is 50.4 Å². The summed E-state index contributed by atoms with van der Waals surface area (Å²) in [7, 11) is 3.30. The van der Waals surface area contributed by atoms with E-state index in [1.165, 1.54) is 0 Å². The van der Waals surface area contributed by atoms with Crippen LogP contribution in [0.15, 0.2) is 21.1 Å². The van der Waals surface area contributed by atoms with Crippen LogP contribution in [0, 0.1) is 5.92 Å². The zero-order valence-corrected chi connectivity index (χ0v) is 16.0. The Morgan fingerprint density at radius 1 is 1.33 bits per heavy atom. The van der Waals surface area contributed by atoms with Crippen LogP contribution in [0.4, 0.5) is 0 Å². The van der Waals surface area contributed by atoms with Crippen molar-refractivity contribution in [3.05, 3.63) is 26.6 Å². The molecule has 0 radical (unpaired) electrons. The van der Waals surface area contributed by atoms with E-state index < -0.39 is 0 Å². The van der Waals surface area contributed by atoms with Gasteiger partial charge in [-0.15, -0.1) is 0 Å². The molecule has 1 amide bonds. The first kappa shape index (κ1) is 18.5. The lowest BCUT2D eigenvalue weighted by atomic mass is 10.0. The fourth-order valence-electron chi connectivity index (χ4n) is 2.14. The van der Waals surface area contributed by atoms with Gasteiger partial charge in [-0.25, -0.2) is 0 Å². The van der Waals surface area contributed by atoms with Crippen molar-refractivity contribution in [1.82, 2.24) is 10.6 Å². The molecule has 1 aromatic rings. The Labute approximate surface area is 143 Å². The summed E-state index contributed by atoms with van der Waals surface area (Å²) in [6.45, 7) is 4.77. The summed E-state index contributed by atoms with van der Waals surface area (Å²) in [6.07, 6.45) is 0.789. The molecule has 0 fully saturated rings. The molecule has 0 bridgehead atoms. The second-order valence-electron chi connectivity index (χ2n) is 5.26. The summed E-state index contributed by atoms with van der Waals surface area (Å²) in [4.78, 5) is 11.9. The largest absolute Gasteiger partial charge is 0.495 e. The van der Waals surface area contributed by atoms with Gasteiger partial charge >= 0.3 is 0 Å². The van der Waals surface area contributed by atoms with Gasteiger partial charge in [0.05, 0.1) is 17.6 Å². The van der Waals surface area contributed by atoms with Gasteiger partial charge in [0.1, 0.15) is 5.75 Å². The molecule has 2 N–H and O–H groups in total. The van der Waals surface area contributed by atoms with Crippen molar-refractivity contribution >= 4 is 37.8 Å². The standard InChI is InChI=1S/C15H22Br2N2O2/c1-9(2)5-13(15(20)18-3)19-8-10-6-11(16)7-12(17)14(10)21-4/h6-7,9,13,19H,5,8H2,1-4H3,(H,18,20). The van der Waals surface area contributed by atoms with Gasteiger partial charge in [-0.2, -0.15) is 0 Å². The lowest BCUT2D eigenvalue weighted by molar-refractivity contribution is -0.123. The number of methoxy groups -OCH3 is 1. The summed E-state index contributed by atoms with van der Waals surface area (Å²) in [5.74, 6) is 1.23. The highest BCUT2D eigenvalue weighted by Crippen LogP contribution is 2.32. The van der Waals surface area contributed by atoms with Crippen molar-refractivity contribution in [2.45, 2.75) is 32.9 Å². The summed E-state index contributed by atoms with van der Waals surface area (Å²) >= 11 is 6.96. The van der Waals surface area contributed by atoms with Gasteiger partial charge in [0.2, 0.25) is 5.91 Å². The molecule has 0 spiro atoms. The Hall–Kier alpha value is -0.590. The molecule has 21 heavy (non-hydrogen) atoms. The zero-order valence-electron chi connectivity index (χ0n) is 12.8. The smallest absolute Gasteiger partial charge is 0.236 e. The van der Waals surface area contributed by atoms with E-state index in [4.69, 9.17) is 4.74 Å². The molecule has 0 aliphatic heterocycles. The van der Waals surface area contributed by atoms with Crippen LogP contribution in [0.2, 0.25) is 0 Å². The van der Waals surface area contributed by atoms with E-state index in [0.29, 0.717) is 12.5 Å². The number of hydrogen-bond acceptors (Lipinski definition) is 3. The van der Waals surface area contributed by atoms with Crippen molar-refractivity contribution in [3.63, 3.8) is 0 Å². The average Bonchev–Trinajstić information content (AvgIpc) is 2.41. The molecule has 1 rings (SSSR count). The highest BCUT2D eigenvalue weighted by atomic mass is 79.9. The molecule has 0 aromatic heterocycles. The first-order valence-corrected chi connectivity index (χ1v) is 8.44. The minimum atomic E-state index is -0.211. The van der Waals surface area contributed by atoms with E-state index in [1.807, 2.05) is 12.1 Å². The molecular weight excluding hydrogens is 400 g/mol. The first-order chi connectivity index (χ1) is 9.88. The maximum atomic E-state index is 11.9. The van der Waals surface area contributed by atoms with Gasteiger partial charge in [-0.3, -0.25) is 4.79 Å². The molecule has 118 valence electrons. The fraction of sp³-hybridized carbons (Fsp3) is 0.533. The SMILES string of the molecule is CNC(=O)C(CC(C)C)NCc1cc(Br)cc(Br)c1OC. The van der Waals surface area contributed by atoms with Crippen LogP contribution in [-0.2, 0) is 11.3 Å². The lowest BCUT2D eigenvalue weighted by Gasteiger charge is -2.20. The molecule has 6 heteroatoms. The summed E-state index contributed by atoms with van der Waals surface area (Å²) in [5, 5.41) is 6.02. The quantitative estimate of drug-likeness (QED) is 0.708. The van der Waals surface area contributed by atoms with Gasteiger partial charge < -0.3 is 15.4 Å². The molecular formula is C15H22Br2N2O2. The maximum absolute atomic E-state index is 11.9. The minimum absolute atomic E-state index is 0.0109. The molecule has 1 aromatic carbocycles. The van der Waals surface area contributed by atoms with Crippen LogP contribution in [0.3, 0.4) is 0 Å². The van der Waals surface area contributed by atoms with Crippen molar-refractivity contribution in [3.8, 4) is 5.75 Å². The van der Waals surface area contributed by atoms with Crippen molar-refractivity contribution in [2.75, 3.05) is 14.2 Å². The van der Waals surface area contributed by atoms with Crippen molar-refractivity contribution in [1.29, 1.82) is 0 Å². The third kappa shape index (κ3) is 5.60. The number of ether oxygens (including phenoxy) is 1. The Bertz CT molecular complexity index is 493. The molecule has 1 unspecified atom stereocenters. The number of hydrogen-bond donors (Lipinski definition) is 2. The van der Waals surface area contributed by atoms with Crippen LogP contribution in [0.25, 0.3) is 0 Å². The van der Waals surface area contributed by atoms with Gasteiger partial charge in [-0.05, 0) is 40.4 Å². The predicted molar refractivity (Wildman–Crippen MR) is 92.5 cm³/mol. The summed E-state index contributed by atoms with van der Waals surface area (Å²) < 4.78 is 7.27. The lowest BCUT2D eigenvalue weighted by Crippen LogP contribution is -2.43. The minimum Gasteiger partial charge on any atom is -0.495 e. The first-order valence-electron chi connectivity index (χ1n) is 6.85. The molecule has 0 saturated carbocycles. The van der Waals surface area contributed by atoms with E-state index >= 15 is 0 Å². The van der Waals surface area contributed by atoms with E-state index in [0.717, 1.165) is 26.7 Å². The molecule has 0 aliphatic rings. The van der Waals surface area contributed by atoms with Gasteiger partial charge in [0, 0.05) is 23.6 Å². The van der Waals surface area contributed by atoms with E-state index in [-0.39, 0.29) is 11.9 Å². The number of benzene rings is 1. The second-order valence-corrected chi connectivity index (χ2v) is 7.03. The van der Waals surface area contributed by atoms with Crippen LogP contribution in [0.1, 0.15) is 25.8 Å². The van der Waals surface area contributed by atoms with E-state index in [2.05, 4.69) is 56.3 Å². The molecule has 1 atom stereocenters. The summed E-state index contributed by atoms with van der Waals surface area (Å²) in [5.41, 5.74) is 0.997. The number of nitrogens with one attached hydrogen (secondary N) is 2. The fourth-order valence-corrected chi connectivity index (χ4v) is 3.61. The summed E-state index contributed by atoms with van der Waals surface area (Å²) in [6, 6.07) is 3.72. The molecule has 0 saturated heterocycles. The normalized spacial score (nSPS) is 12.3. The molecule has 0 heterocycles. The molecule has 4 nitrogen and oxygen atoms in total. The van der Waals surface area contributed by atoms with Crippen LogP contribution in [-0.4, -0.2) is 26.1 Å². The van der Waals surface area contributed by atoms with E-state index in [1.54, 1.807) is 14.2 Å². The third-order valence-corrected chi connectivity index (χ3v) is 4.15. The van der Waals surface area contributed by atoms with Crippen LogP contribution >= 0.6 is 31.9 Å². The van der Waals surface area contributed by atoms with Crippen LogP contribution < -0.4 is 15.4 Å². The Balaban J connectivity index is 2.87. The Morgan fingerprint density at radius 2 is 2.00 bits per heavy atom. The monoisotopic (exact) mass is 420 g/mol. The molecule has 0 aliphatic carbocycles. The number of halogens is 2. The Kier molecular flexibility index (Phi) is 7.70. The highest BCUT2D eigenvalue weighted by molar-refractivity contribution is 9.11. The second kappa shape index (κ2) is 8.76. The third-order valence-electron chi connectivity index (χ3n) is 3.10. The number of rotatable bonds is 7. The van der Waals surface area contributed by atoms with Crippen molar-refractivity contribution in [2.24, 2.45) is 5.92 Å². The predicted octanol–water partition coefficient (Wildman–Crippen LogP) is 3.47. The van der Waals surface area contributed by atoms with Crippen LogP contribution in [0.5, 0.6) is 5.75 Å². The number of likely N-dealkylation sites (N-methyl/N-ethyl adjacent to an activating group) is 1. The number of carbonyl (C=O) groups excluding carboxylic acids is 1. The maximum Gasteiger partial charge on any atom is 0.236 e. The highest BCUT2D eigenvalue weighted by Gasteiger charge is 2.19. The number of amides is 1. The average molecular weight is 422 g/mol. The van der Waals surface area contributed by atoms with Crippen molar-refractivity contribution < 1.29 is 9.53 Å². The van der Waals surface area contributed by atoms with Gasteiger partial charge in [0.15, 0.2) is 0 Å². The Morgan fingerprint density at radius 3 is 2.52 bits per heavy atom. The zero-order chi connectivity index (χ0) is 16.0. The number of carbonyl (C=O) groups is 1. The van der Waals surface area contributed by atoms with Gasteiger partial charge in [-0.1, -0.05) is 29.8 Å².